The van der Waals surface area contributed by atoms with Crippen LogP contribution in [0, 0.1) is 24.7 Å². The van der Waals surface area contributed by atoms with E-state index in [2.05, 4.69) is 5.32 Å². The highest BCUT2D eigenvalue weighted by molar-refractivity contribution is 5.82. The van der Waals surface area contributed by atoms with Gasteiger partial charge in [-0.15, -0.1) is 0 Å². The number of nitrogens with one attached hydrogen (secondary N) is 1. The summed E-state index contributed by atoms with van der Waals surface area (Å²) in [6.45, 7) is 2.53. The van der Waals surface area contributed by atoms with Crippen LogP contribution >= 0.6 is 0 Å². The molecule has 1 aromatic heterocycles. The standard InChI is InChI=1S/C16H23NO3/c1-10-6-7-14(20-10)13(8-9-19-2)17-16(18)15-11-4-3-5-12(11)15/h6-7,11-13,15H,3-5,8-9H2,1-2H3,(H,17,18)/t11-,12-,13-/m0/s1. The molecule has 1 N–H and O–H groups in total. The normalized spacial score (nSPS) is 29.0. The van der Waals surface area contributed by atoms with Gasteiger partial charge in [-0.05, 0) is 50.2 Å². The molecule has 4 heteroatoms. The minimum Gasteiger partial charge on any atom is -0.464 e. The molecule has 2 aliphatic rings. The molecular weight excluding hydrogens is 254 g/mol. The van der Waals surface area contributed by atoms with E-state index in [-0.39, 0.29) is 17.9 Å². The smallest absolute Gasteiger partial charge is 0.224 e. The average Bonchev–Trinajstić information content (AvgIpc) is 2.81. The first kappa shape index (κ1) is 13.7. The minimum absolute atomic E-state index is 0.0718. The lowest BCUT2D eigenvalue weighted by Gasteiger charge is -2.17. The number of methoxy groups -OCH3 is 1. The highest BCUT2D eigenvalue weighted by atomic mass is 16.5. The van der Waals surface area contributed by atoms with Gasteiger partial charge in [-0.1, -0.05) is 6.42 Å². The second kappa shape index (κ2) is 5.60. The Hall–Kier alpha value is -1.29. The average molecular weight is 277 g/mol. The van der Waals surface area contributed by atoms with Crippen molar-refractivity contribution in [3.63, 3.8) is 0 Å². The van der Waals surface area contributed by atoms with Gasteiger partial charge in [0.1, 0.15) is 11.5 Å². The number of aryl methyl sites for hydroxylation is 1. The highest BCUT2D eigenvalue weighted by Crippen LogP contribution is 2.57. The van der Waals surface area contributed by atoms with Gasteiger partial charge < -0.3 is 14.5 Å². The zero-order chi connectivity index (χ0) is 14.1. The fourth-order valence-electron chi connectivity index (χ4n) is 3.64. The second-order valence-corrected chi connectivity index (χ2v) is 6.08. The number of furan rings is 1. The molecule has 2 saturated carbocycles. The van der Waals surface area contributed by atoms with Gasteiger partial charge in [0.25, 0.3) is 0 Å². The van der Waals surface area contributed by atoms with E-state index < -0.39 is 0 Å². The Morgan fingerprint density at radius 2 is 2.20 bits per heavy atom. The predicted octanol–water partition coefficient (Wildman–Crippen LogP) is 2.83. The summed E-state index contributed by atoms with van der Waals surface area (Å²) in [5, 5.41) is 3.16. The maximum absolute atomic E-state index is 12.4. The van der Waals surface area contributed by atoms with Crippen LogP contribution in [0.3, 0.4) is 0 Å². The maximum atomic E-state index is 12.4. The van der Waals surface area contributed by atoms with E-state index in [0.29, 0.717) is 18.4 Å². The van der Waals surface area contributed by atoms with E-state index in [4.69, 9.17) is 9.15 Å². The summed E-state index contributed by atoms with van der Waals surface area (Å²) < 4.78 is 10.8. The Balaban J connectivity index is 1.62. The molecule has 4 nitrogen and oxygen atoms in total. The predicted molar refractivity (Wildman–Crippen MR) is 75.1 cm³/mol. The van der Waals surface area contributed by atoms with Crippen LogP contribution in [0.1, 0.15) is 43.2 Å². The summed E-state index contributed by atoms with van der Waals surface area (Å²) in [7, 11) is 1.68. The maximum Gasteiger partial charge on any atom is 0.224 e. The molecule has 0 spiro atoms. The molecule has 0 aromatic carbocycles. The van der Waals surface area contributed by atoms with E-state index >= 15 is 0 Å². The van der Waals surface area contributed by atoms with Crippen LogP contribution in [-0.2, 0) is 9.53 Å². The Labute approximate surface area is 119 Å². The van der Waals surface area contributed by atoms with Crippen molar-refractivity contribution >= 4 is 5.91 Å². The molecule has 1 aromatic rings. The fraction of sp³-hybridized carbons (Fsp3) is 0.688. The van der Waals surface area contributed by atoms with Crippen molar-refractivity contribution in [3.05, 3.63) is 23.7 Å². The summed E-state index contributed by atoms with van der Waals surface area (Å²) in [5.74, 6) is 3.46. The van der Waals surface area contributed by atoms with Crippen molar-refractivity contribution in [1.82, 2.24) is 5.32 Å². The number of hydrogen-bond acceptors (Lipinski definition) is 3. The molecule has 1 amide bonds. The van der Waals surface area contributed by atoms with Crippen molar-refractivity contribution in [3.8, 4) is 0 Å². The molecule has 0 saturated heterocycles. The number of fused-ring (bicyclic) bond motifs is 1. The Morgan fingerprint density at radius 3 is 2.80 bits per heavy atom. The third-order valence-electron chi connectivity index (χ3n) is 4.74. The lowest BCUT2D eigenvalue weighted by Crippen LogP contribution is -2.31. The molecule has 0 aliphatic heterocycles. The van der Waals surface area contributed by atoms with Gasteiger partial charge in [0, 0.05) is 19.6 Å². The molecule has 20 heavy (non-hydrogen) atoms. The quantitative estimate of drug-likeness (QED) is 0.870. The molecule has 2 fully saturated rings. The van der Waals surface area contributed by atoms with Gasteiger partial charge in [-0.2, -0.15) is 0 Å². The van der Waals surface area contributed by atoms with Gasteiger partial charge in [-0.25, -0.2) is 0 Å². The first-order valence-electron chi connectivity index (χ1n) is 7.56. The largest absolute Gasteiger partial charge is 0.464 e. The molecule has 0 radical (unpaired) electrons. The van der Waals surface area contributed by atoms with Gasteiger partial charge in [0.2, 0.25) is 5.91 Å². The Bertz CT molecular complexity index is 472. The zero-order valence-electron chi connectivity index (χ0n) is 12.2. The number of rotatable bonds is 6. The SMILES string of the molecule is COCC[C@H](NC(=O)C1[C@H]2CCC[C@H]12)c1ccc(C)o1. The van der Waals surface area contributed by atoms with Crippen LogP contribution in [0.5, 0.6) is 0 Å². The molecule has 3 rings (SSSR count). The van der Waals surface area contributed by atoms with E-state index in [1.54, 1.807) is 7.11 Å². The molecule has 1 heterocycles. The minimum atomic E-state index is -0.0718. The lowest BCUT2D eigenvalue weighted by molar-refractivity contribution is -0.124. The van der Waals surface area contributed by atoms with Gasteiger partial charge in [0.05, 0.1) is 6.04 Å². The van der Waals surface area contributed by atoms with Crippen molar-refractivity contribution in [1.29, 1.82) is 0 Å². The van der Waals surface area contributed by atoms with Crippen LogP contribution in [0.25, 0.3) is 0 Å². The fourth-order valence-corrected chi connectivity index (χ4v) is 3.64. The number of hydrogen-bond donors (Lipinski definition) is 1. The highest BCUT2D eigenvalue weighted by Gasteiger charge is 2.56. The number of carbonyl (C=O) groups is 1. The molecule has 0 bridgehead atoms. The molecule has 3 atom stereocenters. The van der Waals surface area contributed by atoms with Crippen LogP contribution in [0.4, 0.5) is 0 Å². The van der Waals surface area contributed by atoms with Crippen LogP contribution in [-0.4, -0.2) is 19.6 Å². The van der Waals surface area contributed by atoms with Crippen LogP contribution in [0.2, 0.25) is 0 Å². The summed E-state index contributed by atoms with van der Waals surface area (Å²) in [6, 6.07) is 3.81. The monoisotopic (exact) mass is 277 g/mol. The van der Waals surface area contributed by atoms with E-state index in [9.17, 15) is 4.79 Å². The number of ether oxygens (including phenoxy) is 1. The first-order chi connectivity index (χ1) is 9.70. The second-order valence-electron chi connectivity index (χ2n) is 6.08. The van der Waals surface area contributed by atoms with Gasteiger partial charge in [-0.3, -0.25) is 4.79 Å². The van der Waals surface area contributed by atoms with Gasteiger partial charge in [0.15, 0.2) is 0 Å². The summed E-state index contributed by atoms with van der Waals surface area (Å²) in [4.78, 5) is 12.4. The topological polar surface area (TPSA) is 51.5 Å². The zero-order valence-corrected chi connectivity index (χ0v) is 12.2. The van der Waals surface area contributed by atoms with E-state index in [1.807, 2.05) is 19.1 Å². The summed E-state index contributed by atoms with van der Waals surface area (Å²) >= 11 is 0. The number of carbonyl (C=O) groups excluding carboxylic acids is 1. The number of amides is 1. The van der Waals surface area contributed by atoms with Crippen LogP contribution < -0.4 is 5.32 Å². The molecule has 110 valence electrons. The van der Waals surface area contributed by atoms with Gasteiger partial charge >= 0.3 is 0 Å². The molecule has 2 aliphatic carbocycles. The Morgan fingerprint density at radius 1 is 1.45 bits per heavy atom. The molecular formula is C16H23NO3. The summed E-state index contributed by atoms with van der Waals surface area (Å²) in [6.07, 6.45) is 4.50. The lowest BCUT2D eigenvalue weighted by atomic mass is 10.1. The first-order valence-corrected chi connectivity index (χ1v) is 7.56. The third kappa shape index (κ3) is 2.62. The van der Waals surface area contributed by atoms with Crippen molar-refractivity contribution in [2.75, 3.05) is 13.7 Å². The third-order valence-corrected chi connectivity index (χ3v) is 4.74. The van der Waals surface area contributed by atoms with E-state index in [1.165, 1.54) is 19.3 Å². The van der Waals surface area contributed by atoms with E-state index in [0.717, 1.165) is 17.9 Å². The Kier molecular flexibility index (Phi) is 3.83. The van der Waals surface area contributed by atoms with Crippen molar-refractivity contribution in [2.45, 2.75) is 38.6 Å². The molecule has 0 unspecified atom stereocenters. The van der Waals surface area contributed by atoms with Crippen molar-refractivity contribution in [2.24, 2.45) is 17.8 Å². The van der Waals surface area contributed by atoms with Crippen LogP contribution in [0.15, 0.2) is 16.5 Å². The van der Waals surface area contributed by atoms with Crippen molar-refractivity contribution < 1.29 is 13.9 Å². The summed E-state index contributed by atoms with van der Waals surface area (Å²) in [5.41, 5.74) is 0.